The third-order valence-electron chi connectivity index (χ3n) is 4.91. The van der Waals surface area contributed by atoms with Crippen LogP contribution in [0.1, 0.15) is 15.9 Å². The molecule has 0 bridgehead atoms. The summed E-state index contributed by atoms with van der Waals surface area (Å²) in [6, 6.07) is 16.1. The van der Waals surface area contributed by atoms with Gasteiger partial charge >= 0.3 is 0 Å². The van der Waals surface area contributed by atoms with E-state index in [1.807, 2.05) is 30.3 Å². The number of pyridine rings is 1. The van der Waals surface area contributed by atoms with Gasteiger partial charge in [0.25, 0.3) is 11.5 Å². The van der Waals surface area contributed by atoms with Gasteiger partial charge in [-0.1, -0.05) is 30.3 Å². The van der Waals surface area contributed by atoms with Gasteiger partial charge in [-0.3, -0.25) is 9.59 Å². The Labute approximate surface area is 182 Å². The van der Waals surface area contributed by atoms with Gasteiger partial charge in [0.2, 0.25) is 0 Å². The fourth-order valence-electron chi connectivity index (χ4n) is 3.37. The summed E-state index contributed by atoms with van der Waals surface area (Å²) in [5.74, 6) is -0.121. The zero-order chi connectivity index (χ0) is 22.0. The number of ether oxygens (including phenoxy) is 2. The Hall–Kier alpha value is -3.78. The summed E-state index contributed by atoms with van der Waals surface area (Å²) in [7, 11) is 2.99. The lowest BCUT2D eigenvalue weighted by molar-refractivity contribution is 0.102. The Bertz CT molecular complexity index is 1310. The minimum atomic E-state index is -0.719. The van der Waals surface area contributed by atoms with E-state index < -0.39 is 11.5 Å². The van der Waals surface area contributed by atoms with Crippen molar-refractivity contribution in [3.05, 3.63) is 81.5 Å². The number of nitrogens with one attached hydrogen (secondary N) is 1. The summed E-state index contributed by atoms with van der Waals surface area (Å²) < 4.78 is 12.4. The van der Waals surface area contributed by atoms with Crippen molar-refractivity contribution < 1.29 is 19.4 Å². The number of nitrogens with zero attached hydrogens (tertiary/aromatic N) is 1. The normalized spacial score (nSPS) is 10.8. The molecule has 31 heavy (non-hydrogen) atoms. The first-order valence-electron chi connectivity index (χ1n) is 9.43. The van der Waals surface area contributed by atoms with Crippen molar-refractivity contribution >= 4 is 33.1 Å². The molecule has 2 aromatic heterocycles. The molecule has 2 aromatic carbocycles. The lowest BCUT2D eigenvalue weighted by Gasteiger charge is -2.14. The first kappa shape index (κ1) is 20.5. The number of hydrogen-bond donors (Lipinski definition) is 2. The molecule has 0 aliphatic heterocycles. The lowest BCUT2D eigenvalue weighted by Crippen LogP contribution is -2.30. The highest BCUT2D eigenvalue weighted by Crippen LogP contribution is 2.33. The smallest absolute Gasteiger partial charge is 0.268 e. The van der Waals surface area contributed by atoms with Gasteiger partial charge in [-0.2, -0.15) is 0 Å². The molecular formula is C23H20N2O5S. The Morgan fingerprint density at radius 2 is 1.87 bits per heavy atom. The standard InChI is InChI=1S/C23H20N2O5S/c1-29-15-8-9-16(18(12-15)30-2)24-22(27)19-20(26)21-17(10-11-31-21)25(23(19)28)13-14-6-4-3-5-7-14/h3-12,26H,13H2,1-2H3,(H,24,27). The number of hydrogen-bond acceptors (Lipinski definition) is 6. The Kier molecular flexibility index (Phi) is 5.64. The first-order chi connectivity index (χ1) is 15.0. The van der Waals surface area contributed by atoms with Crippen molar-refractivity contribution in [2.24, 2.45) is 0 Å². The van der Waals surface area contributed by atoms with Crippen molar-refractivity contribution in [1.82, 2.24) is 4.57 Å². The second-order valence-electron chi connectivity index (χ2n) is 6.76. The van der Waals surface area contributed by atoms with Gasteiger partial charge < -0.3 is 24.5 Å². The van der Waals surface area contributed by atoms with E-state index in [4.69, 9.17) is 9.47 Å². The van der Waals surface area contributed by atoms with E-state index in [1.54, 1.807) is 29.6 Å². The molecular weight excluding hydrogens is 416 g/mol. The van der Waals surface area contributed by atoms with E-state index in [9.17, 15) is 14.7 Å². The number of amides is 1. The van der Waals surface area contributed by atoms with E-state index in [-0.39, 0.29) is 17.9 Å². The molecule has 1 amide bonds. The number of methoxy groups -OCH3 is 2. The Morgan fingerprint density at radius 1 is 1.10 bits per heavy atom. The molecule has 2 N–H and O–H groups in total. The summed E-state index contributed by atoms with van der Waals surface area (Å²) >= 11 is 1.27. The van der Waals surface area contributed by atoms with Crippen LogP contribution < -0.4 is 20.3 Å². The van der Waals surface area contributed by atoms with E-state index >= 15 is 0 Å². The minimum absolute atomic E-state index is 0.277. The van der Waals surface area contributed by atoms with Crippen LogP contribution in [0.4, 0.5) is 5.69 Å². The molecule has 4 aromatic rings. The zero-order valence-corrected chi connectivity index (χ0v) is 17.7. The number of anilines is 1. The molecule has 0 aliphatic rings. The van der Waals surface area contributed by atoms with E-state index in [1.165, 1.54) is 30.1 Å². The molecule has 0 atom stereocenters. The number of carbonyl (C=O) groups is 1. The quantitative estimate of drug-likeness (QED) is 0.475. The van der Waals surface area contributed by atoms with Gasteiger partial charge in [0.1, 0.15) is 17.1 Å². The minimum Gasteiger partial charge on any atom is -0.505 e. The van der Waals surface area contributed by atoms with Gasteiger partial charge in [0.15, 0.2) is 5.75 Å². The average molecular weight is 436 g/mol. The van der Waals surface area contributed by atoms with Crippen LogP contribution in [0.2, 0.25) is 0 Å². The molecule has 8 heteroatoms. The number of thiophene rings is 1. The topological polar surface area (TPSA) is 89.8 Å². The van der Waals surface area contributed by atoms with E-state index in [0.717, 1.165) is 5.56 Å². The highest BCUT2D eigenvalue weighted by atomic mass is 32.1. The molecule has 0 spiro atoms. The molecule has 0 saturated carbocycles. The summed E-state index contributed by atoms with van der Waals surface area (Å²) in [6.45, 7) is 0.277. The van der Waals surface area contributed by atoms with Crippen LogP contribution in [0.5, 0.6) is 17.2 Å². The van der Waals surface area contributed by atoms with Crippen molar-refractivity contribution in [2.75, 3.05) is 19.5 Å². The van der Waals surface area contributed by atoms with Crippen LogP contribution in [0.3, 0.4) is 0 Å². The second-order valence-corrected chi connectivity index (χ2v) is 7.67. The molecule has 0 fully saturated rings. The second kappa shape index (κ2) is 8.53. The SMILES string of the molecule is COc1ccc(NC(=O)c2c(O)c3sccc3n(Cc3ccccc3)c2=O)c(OC)c1. The van der Waals surface area contributed by atoms with Gasteiger partial charge in [-0.15, -0.1) is 11.3 Å². The number of aromatic nitrogens is 1. The molecule has 0 saturated heterocycles. The largest absolute Gasteiger partial charge is 0.505 e. The molecule has 7 nitrogen and oxygen atoms in total. The highest BCUT2D eigenvalue weighted by molar-refractivity contribution is 7.17. The summed E-state index contributed by atoms with van der Waals surface area (Å²) in [5, 5.41) is 15.2. The molecule has 0 aliphatic carbocycles. The Balaban J connectivity index is 1.79. The van der Waals surface area contributed by atoms with E-state index in [2.05, 4.69) is 5.32 Å². The fourth-order valence-corrected chi connectivity index (χ4v) is 4.21. The number of carbonyl (C=O) groups excluding carboxylic acids is 1. The monoisotopic (exact) mass is 436 g/mol. The summed E-state index contributed by atoms with van der Waals surface area (Å²) in [6.07, 6.45) is 0. The number of aromatic hydroxyl groups is 1. The van der Waals surface area contributed by atoms with Crippen molar-refractivity contribution in [2.45, 2.75) is 6.54 Å². The van der Waals surface area contributed by atoms with Gasteiger partial charge in [-0.25, -0.2) is 0 Å². The van der Waals surface area contributed by atoms with Gasteiger partial charge in [-0.05, 0) is 29.1 Å². The van der Waals surface area contributed by atoms with Crippen LogP contribution in [-0.2, 0) is 6.54 Å². The van der Waals surface area contributed by atoms with Gasteiger partial charge in [0.05, 0.1) is 36.7 Å². The molecule has 158 valence electrons. The number of rotatable bonds is 6. The molecule has 0 unspecified atom stereocenters. The van der Waals surface area contributed by atoms with Crippen LogP contribution in [-0.4, -0.2) is 29.8 Å². The predicted octanol–water partition coefficient (Wildman–Crippen LogP) is 4.09. The van der Waals surface area contributed by atoms with Crippen LogP contribution in [0.15, 0.2) is 64.8 Å². The molecule has 0 radical (unpaired) electrons. The van der Waals surface area contributed by atoms with Crippen LogP contribution in [0, 0.1) is 0 Å². The summed E-state index contributed by atoms with van der Waals surface area (Å²) in [5.41, 5.74) is 0.954. The maximum atomic E-state index is 13.3. The summed E-state index contributed by atoms with van der Waals surface area (Å²) in [4.78, 5) is 26.4. The molecule has 4 rings (SSSR count). The average Bonchev–Trinajstić information content (AvgIpc) is 3.28. The van der Waals surface area contributed by atoms with Crippen molar-refractivity contribution in [1.29, 1.82) is 0 Å². The zero-order valence-electron chi connectivity index (χ0n) is 16.9. The Morgan fingerprint density at radius 3 is 2.58 bits per heavy atom. The van der Waals surface area contributed by atoms with Crippen LogP contribution in [0.25, 0.3) is 10.2 Å². The maximum absolute atomic E-state index is 13.3. The van der Waals surface area contributed by atoms with Crippen molar-refractivity contribution in [3.8, 4) is 17.2 Å². The first-order valence-corrected chi connectivity index (χ1v) is 10.3. The van der Waals surface area contributed by atoms with Crippen LogP contribution >= 0.6 is 11.3 Å². The highest BCUT2D eigenvalue weighted by Gasteiger charge is 2.24. The third-order valence-corrected chi connectivity index (χ3v) is 5.82. The van der Waals surface area contributed by atoms with Crippen molar-refractivity contribution in [3.63, 3.8) is 0 Å². The van der Waals surface area contributed by atoms with E-state index in [0.29, 0.717) is 27.4 Å². The predicted molar refractivity (Wildman–Crippen MR) is 121 cm³/mol. The number of fused-ring (bicyclic) bond motifs is 1. The molecule has 2 heterocycles. The third kappa shape index (κ3) is 3.85. The maximum Gasteiger partial charge on any atom is 0.268 e. The lowest BCUT2D eigenvalue weighted by atomic mass is 10.1. The fraction of sp³-hybridized carbons (Fsp3) is 0.130. The van der Waals surface area contributed by atoms with Gasteiger partial charge in [0, 0.05) is 6.07 Å². The number of benzene rings is 2.